The number of hydrogen-bond acceptors (Lipinski definition) is 5. The number of phenolic OH excluding ortho intramolecular Hbond substituents is 2. The van der Waals surface area contributed by atoms with Crippen LogP contribution < -0.4 is 0 Å². The largest absolute Gasteiger partial charge is 0.504 e. The van der Waals surface area contributed by atoms with E-state index >= 15 is 0 Å². The van der Waals surface area contributed by atoms with E-state index in [-0.39, 0.29) is 36.7 Å². The molecule has 2 aromatic carbocycles. The van der Waals surface area contributed by atoms with Gasteiger partial charge in [-0.25, -0.2) is 0 Å². The summed E-state index contributed by atoms with van der Waals surface area (Å²) in [5.74, 6) is -1.52. The summed E-state index contributed by atoms with van der Waals surface area (Å²) in [5.41, 5.74) is 2.02. The lowest BCUT2D eigenvalue weighted by molar-refractivity contribution is -0.137. The molecule has 1 atom stereocenters. The zero-order chi connectivity index (χ0) is 23.6. The number of nitrogens with zero attached hydrogens (tertiary/aromatic N) is 1. The van der Waals surface area contributed by atoms with Crippen LogP contribution in [0.25, 0.3) is 10.8 Å². The van der Waals surface area contributed by atoms with Crippen molar-refractivity contribution in [2.24, 2.45) is 0 Å². The van der Waals surface area contributed by atoms with Crippen LogP contribution in [0.15, 0.2) is 24.3 Å². The Balaban J connectivity index is 0.000000740. The first-order chi connectivity index (χ1) is 14.6. The molecule has 7 nitrogen and oxygen atoms in total. The van der Waals surface area contributed by atoms with Gasteiger partial charge in [0.2, 0.25) is 0 Å². The molecule has 3 rings (SSSR count). The van der Waals surface area contributed by atoms with Crippen LogP contribution in [0.4, 0.5) is 0 Å². The Bertz CT molecular complexity index is 866. The molecular formula is C24H36ClNO6. The molecule has 1 saturated heterocycles. The molecule has 4 N–H and O–H groups in total. The van der Waals surface area contributed by atoms with Gasteiger partial charge in [-0.05, 0) is 68.6 Å². The number of aryl methyl sites for hydroxylation is 1. The molecule has 1 fully saturated rings. The fourth-order valence-corrected chi connectivity index (χ4v) is 3.52. The van der Waals surface area contributed by atoms with Crippen molar-refractivity contribution in [3.8, 4) is 11.5 Å². The van der Waals surface area contributed by atoms with E-state index in [9.17, 15) is 19.8 Å². The summed E-state index contributed by atoms with van der Waals surface area (Å²) >= 11 is 0. The Morgan fingerprint density at radius 1 is 1.03 bits per heavy atom. The molecule has 0 aromatic heterocycles. The van der Waals surface area contributed by atoms with Gasteiger partial charge in [-0.1, -0.05) is 32.0 Å². The number of carboxylic acids is 2. The Labute approximate surface area is 196 Å². The van der Waals surface area contributed by atoms with Crippen LogP contribution in [0.5, 0.6) is 11.5 Å². The Hall–Kier alpha value is -2.51. The summed E-state index contributed by atoms with van der Waals surface area (Å²) in [6, 6.07) is 8.32. The average Bonchev–Trinajstić information content (AvgIpc) is 3.28. The molecule has 8 heteroatoms. The molecule has 1 unspecified atom stereocenters. The number of aromatic hydroxyl groups is 2. The van der Waals surface area contributed by atoms with E-state index < -0.39 is 11.9 Å². The second-order valence-corrected chi connectivity index (χ2v) is 7.68. The lowest BCUT2D eigenvalue weighted by Gasteiger charge is -2.24. The third kappa shape index (κ3) is 8.93. The minimum Gasteiger partial charge on any atom is -0.504 e. The van der Waals surface area contributed by atoms with Gasteiger partial charge in [0.25, 0.3) is 0 Å². The van der Waals surface area contributed by atoms with Gasteiger partial charge < -0.3 is 25.3 Å². The lowest BCUT2D eigenvalue weighted by Crippen LogP contribution is -2.31. The molecular weight excluding hydrogens is 434 g/mol. The van der Waals surface area contributed by atoms with E-state index in [4.69, 9.17) is 10.2 Å². The zero-order valence-corrected chi connectivity index (χ0v) is 20.1. The zero-order valence-electron chi connectivity index (χ0n) is 19.3. The average molecular weight is 470 g/mol. The number of aliphatic carboxylic acids is 2. The van der Waals surface area contributed by atoms with Crippen LogP contribution in [0.3, 0.4) is 0 Å². The number of carboxylic acid groups (broad SMARTS) is 2. The van der Waals surface area contributed by atoms with Crippen molar-refractivity contribution in [3.05, 3.63) is 35.4 Å². The number of rotatable bonds is 5. The van der Waals surface area contributed by atoms with E-state index in [1.54, 1.807) is 19.9 Å². The molecule has 0 saturated carbocycles. The normalized spacial score (nSPS) is 13.8. The topological polar surface area (TPSA) is 118 Å². The Morgan fingerprint density at radius 3 is 2.00 bits per heavy atom. The van der Waals surface area contributed by atoms with Crippen LogP contribution in [-0.4, -0.2) is 56.4 Å². The van der Waals surface area contributed by atoms with Crippen molar-refractivity contribution in [1.82, 2.24) is 4.90 Å². The SMILES string of the molecule is CCC(=O)O.CCC(=O)O.Cc1c(O)c(O)cc2cccc(CC(C)N3CCCC3)c12.Cl. The highest BCUT2D eigenvalue weighted by atomic mass is 35.5. The highest BCUT2D eigenvalue weighted by Gasteiger charge is 2.20. The molecule has 0 bridgehead atoms. The Morgan fingerprint density at radius 2 is 1.53 bits per heavy atom. The third-order valence-electron chi connectivity index (χ3n) is 5.33. The molecule has 0 spiro atoms. The molecule has 0 aliphatic carbocycles. The van der Waals surface area contributed by atoms with Gasteiger partial charge in [0.1, 0.15) is 0 Å². The number of hydrogen-bond donors (Lipinski definition) is 4. The van der Waals surface area contributed by atoms with E-state index in [1.165, 1.54) is 31.5 Å². The summed E-state index contributed by atoms with van der Waals surface area (Å²) in [5, 5.41) is 37.3. The summed E-state index contributed by atoms with van der Waals surface area (Å²) < 4.78 is 0. The predicted molar refractivity (Wildman–Crippen MR) is 129 cm³/mol. The maximum Gasteiger partial charge on any atom is 0.303 e. The van der Waals surface area contributed by atoms with Gasteiger partial charge in [-0.2, -0.15) is 0 Å². The van der Waals surface area contributed by atoms with E-state index in [0.717, 1.165) is 22.8 Å². The fourth-order valence-electron chi connectivity index (χ4n) is 3.52. The van der Waals surface area contributed by atoms with Gasteiger partial charge in [0.05, 0.1) is 0 Å². The molecule has 1 aliphatic rings. The van der Waals surface area contributed by atoms with Crippen LogP contribution in [0, 0.1) is 6.92 Å². The van der Waals surface area contributed by atoms with E-state index in [0.29, 0.717) is 6.04 Å². The molecule has 0 radical (unpaired) electrons. The number of benzene rings is 2. The summed E-state index contributed by atoms with van der Waals surface area (Å²) in [7, 11) is 0. The first-order valence-electron chi connectivity index (χ1n) is 10.7. The monoisotopic (exact) mass is 469 g/mol. The van der Waals surface area contributed by atoms with E-state index in [1.807, 2.05) is 19.1 Å². The van der Waals surface area contributed by atoms with Crippen molar-refractivity contribution >= 4 is 35.1 Å². The number of fused-ring (bicyclic) bond motifs is 1. The smallest absolute Gasteiger partial charge is 0.303 e. The second kappa shape index (κ2) is 14.5. The molecule has 1 heterocycles. The minimum absolute atomic E-state index is 0. The Kier molecular flexibility index (Phi) is 13.4. The summed E-state index contributed by atoms with van der Waals surface area (Å²) in [6.45, 7) is 9.74. The van der Waals surface area contributed by atoms with Gasteiger partial charge in [0.15, 0.2) is 11.5 Å². The van der Waals surface area contributed by atoms with Gasteiger partial charge in [-0.3, -0.25) is 9.59 Å². The molecule has 1 aliphatic heterocycles. The maximum atomic E-state index is 10.0. The third-order valence-corrected chi connectivity index (χ3v) is 5.33. The van der Waals surface area contributed by atoms with Crippen molar-refractivity contribution in [3.63, 3.8) is 0 Å². The number of carbonyl (C=O) groups is 2. The number of halogens is 1. The predicted octanol–water partition coefficient (Wildman–Crippen LogP) is 4.97. The van der Waals surface area contributed by atoms with Crippen LogP contribution in [0.2, 0.25) is 0 Å². The van der Waals surface area contributed by atoms with Gasteiger partial charge in [-0.15, -0.1) is 12.4 Å². The highest BCUT2D eigenvalue weighted by molar-refractivity contribution is 5.92. The van der Waals surface area contributed by atoms with Gasteiger partial charge >= 0.3 is 11.9 Å². The highest BCUT2D eigenvalue weighted by Crippen LogP contribution is 2.37. The van der Waals surface area contributed by atoms with Crippen LogP contribution in [0.1, 0.15) is 57.6 Å². The van der Waals surface area contributed by atoms with Gasteiger partial charge in [0, 0.05) is 24.4 Å². The molecule has 32 heavy (non-hydrogen) atoms. The quantitative estimate of drug-likeness (QED) is 0.456. The number of phenols is 2. The fraction of sp³-hybridized carbons (Fsp3) is 0.500. The van der Waals surface area contributed by atoms with Crippen molar-refractivity contribution < 1.29 is 30.0 Å². The molecule has 180 valence electrons. The van der Waals surface area contributed by atoms with Crippen LogP contribution in [-0.2, 0) is 16.0 Å². The standard InChI is InChI=1S/C18H23NO2.2C3H6O2.ClH/c1-12(19-8-3-4-9-19)10-14-6-5-7-15-11-16(20)18(21)13(2)17(14)15;2*1-2-3(4)5;/h5-7,11-12,20-21H,3-4,8-10H2,1-2H3;2*2H2,1H3,(H,4,5);1H. The minimum atomic E-state index is -0.745. The first-order valence-corrected chi connectivity index (χ1v) is 10.7. The molecule has 2 aromatic rings. The summed E-state index contributed by atoms with van der Waals surface area (Å²) in [6.07, 6.45) is 4.02. The number of likely N-dealkylation sites (tertiary alicyclic amines) is 1. The maximum absolute atomic E-state index is 10.0. The van der Waals surface area contributed by atoms with Crippen molar-refractivity contribution in [2.75, 3.05) is 13.1 Å². The van der Waals surface area contributed by atoms with E-state index in [2.05, 4.69) is 17.9 Å². The summed E-state index contributed by atoms with van der Waals surface area (Å²) in [4.78, 5) is 21.3. The van der Waals surface area contributed by atoms with Crippen LogP contribution >= 0.6 is 12.4 Å². The van der Waals surface area contributed by atoms with Crippen molar-refractivity contribution in [1.29, 1.82) is 0 Å². The second-order valence-electron chi connectivity index (χ2n) is 7.68. The lowest BCUT2D eigenvalue weighted by atomic mass is 9.94. The van der Waals surface area contributed by atoms with Crippen molar-refractivity contribution in [2.45, 2.75) is 65.8 Å². The molecule has 0 amide bonds. The first kappa shape index (κ1) is 29.5.